The summed E-state index contributed by atoms with van der Waals surface area (Å²) in [6, 6.07) is 0. The lowest BCUT2D eigenvalue weighted by molar-refractivity contribution is -0.114. The molecule has 13 heavy (non-hydrogen) atoms. The normalized spacial score (nSPS) is 17.5. The van der Waals surface area contributed by atoms with Crippen LogP contribution in [-0.4, -0.2) is 11.6 Å². The summed E-state index contributed by atoms with van der Waals surface area (Å²) in [5, 5.41) is 0. The topological polar surface area (TPSA) is 34.1 Å². The standard InChI is InChI=1S/C11H10O2/c1-2-3-4-5-9-8-10(12)6-7-11(9)13/h2-8H,1H3/b3-2+,5-4+. The second-order valence-corrected chi connectivity index (χ2v) is 2.58. The van der Waals surface area contributed by atoms with Crippen molar-refractivity contribution >= 4 is 11.6 Å². The Morgan fingerprint density at radius 3 is 2.62 bits per heavy atom. The van der Waals surface area contributed by atoms with E-state index in [0.717, 1.165) is 0 Å². The summed E-state index contributed by atoms with van der Waals surface area (Å²) in [5.74, 6) is -0.264. The van der Waals surface area contributed by atoms with Gasteiger partial charge in [0.15, 0.2) is 11.6 Å². The van der Waals surface area contributed by atoms with Crippen molar-refractivity contribution < 1.29 is 9.59 Å². The maximum atomic E-state index is 11.2. The van der Waals surface area contributed by atoms with Crippen LogP contribution in [0.2, 0.25) is 0 Å². The predicted molar refractivity (Wildman–Crippen MR) is 51.2 cm³/mol. The molecule has 0 fully saturated rings. The minimum Gasteiger partial charge on any atom is -0.290 e. The average Bonchev–Trinajstić information content (AvgIpc) is 2.11. The van der Waals surface area contributed by atoms with E-state index < -0.39 is 0 Å². The lowest BCUT2D eigenvalue weighted by Gasteiger charge is -1.99. The van der Waals surface area contributed by atoms with Crippen LogP contribution < -0.4 is 0 Å². The molecule has 0 saturated heterocycles. The van der Waals surface area contributed by atoms with Crippen molar-refractivity contribution in [3.63, 3.8) is 0 Å². The van der Waals surface area contributed by atoms with E-state index in [9.17, 15) is 9.59 Å². The Hall–Kier alpha value is -1.70. The first-order valence-corrected chi connectivity index (χ1v) is 4.01. The van der Waals surface area contributed by atoms with Crippen LogP contribution in [0.4, 0.5) is 0 Å². The molecule has 0 aromatic carbocycles. The van der Waals surface area contributed by atoms with E-state index in [-0.39, 0.29) is 11.6 Å². The highest BCUT2D eigenvalue weighted by molar-refractivity contribution is 6.18. The number of ketones is 2. The minimum atomic E-state index is -0.139. The van der Waals surface area contributed by atoms with Gasteiger partial charge in [-0.05, 0) is 25.2 Å². The molecule has 0 heterocycles. The number of carbonyl (C=O) groups is 2. The summed E-state index contributed by atoms with van der Waals surface area (Å²) >= 11 is 0. The second-order valence-electron chi connectivity index (χ2n) is 2.58. The molecule has 66 valence electrons. The Morgan fingerprint density at radius 1 is 1.15 bits per heavy atom. The van der Waals surface area contributed by atoms with Gasteiger partial charge in [0, 0.05) is 5.57 Å². The number of hydrogen-bond donors (Lipinski definition) is 0. The third-order valence-corrected chi connectivity index (χ3v) is 1.56. The molecule has 1 aliphatic carbocycles. The second kappa shape index (κ2) is 4.36. The number of hydrogen-bond acceptors (Lipinski definition) is 2. The van der Waals surface area contributed by atoms with E-state index in [0.29, 0.717) is 5.57 Å². The molecule has 0 bridgehead atoms. The fraction of sp³-hybridized carbons (Fsp3) is 0.0909. The van der Waals surface area contributed by atoms with Gasteiger partial charge in [0.05, 0.1) is 0 Å². The van der Waals surface area contributed by atoms with E-state index in [1.807, 2.05) is 13.0 Å². The maximum absolute atomic E-state index is 11.2. The Kier molecular flexibility index (Phi) is 3.15. The van der Waals surface area contributed by atoms with Crippen molar-refractivity contribution in [2.75, 3.05) is 0 Å². The Labute approximate surface area is 76.9 Å². The third kappa shape index (κ3) is 2.67. The van der Waals surface area contributed by atoms with Gasteiger partial charge < -0.3 is 0 Å². The van der Waals surface area contributed by atoms with E-state index >= 15 is 0 Å². The van der Waals surface area contributed by atoms with Gasteiger partial charge in [0.1, 0.15) is 0 Å². The Balaban J connectivity index is 2.79. The molecule has 0 aliphatic heterocycles. The molecule has 1 rings (SSSR count). The van der Waals surface area contributed by atoms with Gasteiger partial charge >= 0.3 is 0 Å². The lowest BCUT2D eigenvalue weighted by Crippen LogP contribution is -2.05. The summed E-state index contributed by atoms with van der Waals surface area (Å²) < 4.78 is 0. The van der Waals surface area contributed by atoms with Crippen molar-refractivity contribution in [2.45, 2.75) is 6.92 Å². The van der Waals surface area contributed by atoms with Gasteiger partial charge in [0.2, 0.25) is 0 Å². The smallest absolute Gasteiger partial charge is 0.186 e. The summed E-state index contributed by atoms with van der Waals surface area (Å²) in [4.78, 5) is 22.0. The lowest BCUT2D eigenvalue weighted by atomic mass is 10.0. The van der Waals surface area contributed by atoms with Crippen molar-refractivity contribution in [2.24, 2.45) is 0 Å². The zero-order valence-corrected chi connectivity index (χ0v) is 7.36. The first-order valence-electron chi connectivity index (χ1n) is 4.01. The molecule has 0 amide bonds. The summed E-state index contributed by atoms with van der Waals surface area (Å²) in [6.45, 7) is 1.88. The fourth-order valence-corrected chi connectivity index (χ4v) is 0.927. The van der Waals surface area contributed by atoms with Gasteiger partial charge in [-0.2, -0.15) is 0 Å². The van der Waals surface area contributed by atoms with Crippen molar-refractivity contribution in [3.8, 4) is 0 Å². The van der Waals surface area contributed by atoms with E-state index in [4.69, 9.17) is 0 Å². The summed E-state index contributed by atoms with van der Waals surface area (Å²) in [6.07, 6.45) is 10.9. The predicted octanol–water partition coefficient (Wildman–Crippen LogP) is 1.75. The van der Waals surface area contributed by atoms with Crippen LogP contribution in [-0.2, 0) is 9.59 Å². The molecule has 1 aliphatic rings. The van der Waals surface area contributed by atoms with Gasteiger partial charge in [-0.15, -0.1) is 0 Å². The molecule has 0 unspecified atom stereocenters. The average molecular weight is 174 g/mol. The quantitative estimate of drug-likeness (QED) is 0.472. The molecule has 0 atom stereocenters. The Morgan fingerprint density at radius 2 is 1.92 bits per heavy atom. The van der Waals surface area contributed by atoms with Crippen LogP contribution in [0.3, 0.4) is 0 Å². The molecule has 2 heteroatoms. The molecule has 0 aromatic rings. The minimum absolute atomic E-state index is 0.125. The van der Waals surface area contributed by atoms with Crippen LogP contribution in [0.5, 0.6) is 0 Å². The number of rotatable bonds is 2. The SMILES string of the molecule is C/C=C/C=C/C1=CC(=O)C=CC1=O. The molecule has 0 radical (unpaired) electrons. The first kappa shape index (κ1) is 9.39. The molecule has 0 spiro atoms. The first-order chi connectivity index (χ1) is 6.24. The largest absolute Gasteiger partial charge is 0.290 e. The summed E-state index contributed by atoms with van der Waals surface area (Å²) in [5.41, 5.74) is 0.436. The monoisotopic (exact) mass is 174 g/mol. The molecule has 0 saturated carbocycles. The van der Waals surface area contributed by atoms with Gasteiger partial charge in [-0.1, -0.05) is 24.3 Å². The van der Waals surface area contributed by atoms with Crippen molar-refractivity contribution in [1.29, 1.82) is 0 Å². The van der Waals surface area contributed by atoms with Crippen LogP contribution in [0.15, 0.2) is 48.1 Å². The Bertz CT molecular complexity index is 341. The third-order valence-electron chi connectivity index (χ3n) is 1.56. The highest BCUT2D eigenvalue weighted by atomic mass is 16.1. The molecular weight excluding hydrogens is 164 g/mol. The molecule has 0 aromatic heterocycles. The van der Waals surface area contributed by atoms with Crippen molar-refractivity contribution in [3.05, 3.63) is 48.1 Å². The van der Waals surface area contributed by atoms with Crippen LogP contribution >= 0.6 is 0 Å². The van der Waals surface area contributed by atoms with E-state index in [2.05, 4.69) is 0 Å². The van der Waals surface area contributed by atoms with Gasteiger partial charge in [-0.25, -0.2) is 0 Å². The molecule has 2 nitrogen and oxygen atoms in total. The highest BCUT2D eigenvalue weighted by Gasteiger charge is 2.09. The fourth-order valence-electron chi connectivity index (χ4n) is 0.927. The zero-order valence-electron chi connectivity index (χ0n) is 7.36. The van der Waals surface area contributed by atoms with Gasteiger partial charge in [-0.3, -0.25) is 9.59 Å². The number of carbonyl (C=O) groups excluding carboxylic acids is 2. The van der Waals surface area contributed by atoms with Crippen molar-refractivity contribution in [1.82, 2.24) is 0 Å². The van der Waals surface area contributed by atoms with Crippen LogP contribution in [0.1, 0.15) is 6.92 Å². The maximum Gasteiger partial charge on any atom is 0.186 e. The van der Waals surface area contributed by atoms with E-state index in [1.165, 1.54) is 18.2 Å². The van der Waals surface area contributed by atoms with Crippen LogP contribution in [0.25, 0.3) is 0 Å². The molecular formula is C11H10O2. The zero-order chi connectivity index (χ0) is 9.68. The van der Waals surface area contributed by atoms with Gasteiger partial charge in [0.25, 0.3) is 0 Å². The highest BCUT2D eigenvalue weighted by Crippen LogP contribution is 2.06. The van der Waals surface area contributed by atoms with E-state index in [1.54, 1.807) is 18.2 Å². The molecule has 0 N–H and O–H groups in total. The summed E-state index contributed by atoms with van der Waals surface area (Å²) in [7, 11) is 0. The number of allylic oxidation sites excluding steroid dienone is 8. The van der Waals surface area contributed by atoms with Crippen LogP contribution in [0, 0.1) is 0 Å².